The predicted molar refractivity (Wildman–Crippen MR) is 74.1 cm³/mol. The van der Waals surface area contributed by atoms with Crippen LogP contribution in [0.15, 0.2) is 23.9 Å². The van der Waals surface area contributed by atoms with Crippen LogP contribution >= 0.6 is 0 Å². The second-order valence-electron chi connectivity index (χ2n) is 5.51. The van der Waals surface area contributed by atoms with Crippen LogP contribution in [-0.2, 0) is 25.2 Å². The maximum absolute atomic E-state index is 13.6. The summed E-state index contributed by atoms with van der Waals surface area (Å²) in [5.41, 5.74) is -2.57. The summed E-state index contributed by atoms with van der Waals surface area (Å²) in [6, 6.07) is 1.48. The molecule has 1 aliphatic heterocycles. The van der Waals surface area contributed by atoms with Gasteiger partial charge in [-0.1, -0.05) is 0 Å². The van der Waals surface area contributed by atoms with Crippen LogP contribution in [0.3, 0.4) is 0 Å². The minimum absolute atomic E-state index is 0.289. The summed E-state index contributed by atoms with van der Waals surface area (Å²) in [5.74, 6) is -4.54. The molecule has 0 radical (unpaired) electrons. The minimum atomic E-state index is -4.75. The molecule has 130 valence electrons. The van der Waals surface area contributed by atoms with Gasteiger partial charge in [0.1, 0.15) is 5.82 Å². The highest BCUT2D eigenvalue weighted by Crippen LogP contribution is 2.35. The Morgan fingerprint density at radius 1 is 1.12 bits per heavy atom. The highest BCUT2D eigenvalue weighted by atomic mass is 19.4. The smallest absolute Gasteiger partial charge is 0.416 e. The third-order valence-electron chi connectivity index (χ3n) is 3.15. The number of nitrogens with one attached hydrogen (secondary N) is 1. The summed E-state index contributed by atoms with van der Waals surface area (Å²) in [6.07, 6.45) is -3.94. The van der Waals surface area contributed by atoms with E-state index in [1.807, 2.05) is 0 Å². The minimum Gasteiger partial charge on any atom is -0.419 e. The van der Waals surface area contributed by atoms with Crippen molar-refractivity contribution in [1.82, 2.24) is 0 Å². The van der Waals surface area contributed by atoms with Gasteiger partial charge in [0.05, 0.1) is 5.56 Å². The number of hydrogen-bond donors (Lipinski definition) is 1. The molecule has 1 aromatic carbocycles. The number of carbonyl (C=O) groups is 2. The summed E-state index contributed by atoms with van der Waals surface area (Å²) in [5, 5.41) is 2.28. The van der Waals surface area contributed by atoms with E-state index >= 15 is 0 Å². The van der Waals surface area contributed by atoms with E-state index in [4.69, 9.17) is 9.47 Å². The fourth-order valence-electron chi connectivity index (χ4n) is 1.99. The molecule has 1 saturated heterocycles. The zero-order valence-corrected chi connectivity index (χ0v) is 12.9. The molecular formula is C15H13F4NO4. The Morgan fingerprint density at radius 2 is 1.67 bits per heavy atom. The van der Waals surface area contributed by atoms with Gasteiger partial charge in [-0.2, -0.15) is 13.2 Å². The quantitative estimate of drug-likeness (QED) is 0.385. The summed E-state index contributed by atoms with van der Waals surface area (Å²) < 4.78 is 61.9. The number of cyclic esters (lactones) is 2. The molecule has 1 aromatic rings. The van der Waals surface area contributed by atoms with Gasteiger partial charge in [0.2, 0.25) is 0 Å². The summed E-state index contributed by atoms with van der Waals surface area (Å²) in [6.45, 7) is 3.69. The molecule has 0 spiro atoms. The first kappa shape index (κ1) is 17.8. The van der Waals surface area contributed by atoms with Gasteiger partial charge >= 0.3 is 18.1 Å². The van der Waals surface area contributed by atoms with Crippen molar-refractivity contribution >= 4 is 17.6 Å². The summed E-state index contributed by atoms with van der Waals surface area (Å²) in [7, 11) is 0. The third kappa shape index (κ3) is 3.66. The Morgan fingerprint density at radius 3 is 2.17 bits per heavy atom. The first-order valence-electron chi connectivity index (χ1n) is 6.71. The molecule has 1 fully saturated rings. The van der Waals surface area contributed by atoms with E-state index in [0.717, 1.165) is 19.2 Å². The number of anilines is 1. The molecule has 0 amide bonds. The van der Waals surface area contributed by atoms with Crippen molar-refractivity contribution in [2.24, 2.45) is 0 Å². The SMILES string of the molecule is Cc1c(F)cc(NC=C2C(=O)OC(C)(C)OC2=O)cc1C(F)(F)F. The van der Waals surface area contributed by atoms with Gasteiger partial charge in [-0.15, -0.1) is 0 Å². The molecule has 5 nitrogen and oxygen atoms in total. The van der Waals surface area contributed by atoms with Gasteiger partial charge in [-0.3, -0.25) is 0 Å². The molecule has 0 bridgehead atoms. The van der Waals surface area contributed by atoms with Crippen LogP contribution in [0.1, 0.15) is 25.0 Å². The van der Waals surface area contributed by atoms with Crippen molar-refractivity contribution in [3.63, 3.8) is 0 Å². The highest BCUT2D eigenvalue weighted by molar-refractivity contribution is 6.15. The van der Waals surface area contributed by atoms with E-state index in [9.17, 15) is 27.2 Å². The van der Waals surface area contributed by atoms with Crippen molar-refractivity contribution in [2.75, 3.05) is 5.32 Å². The number of rotatable bonds is 2. The second-order valence-corrected chi connectivity index (χ2v) is 5.51. The van der Waals surface area contributed by atoms with Crippen molar-refractivity contribution in [3.8, 4) is 0 Å². The van der Waals surface area contributed by atoms with E-state index < -0.39 is 46.4 Å². The Kier molecular flexibility index (Phi) is 4.30. The monoisotopic (exact) mass is 347 g/mol. The van der Waals surface area contributed by atoms with Crippen LogP contribution in [0.2, 0.25) is 0 Å². The van der Waals surface area contributed by atoms with Crippen molar-refractivity contribution in [3.05, 3.63) is 40.8 Å². The van der Waals surface area contributed by atoms with Crippen molar-refractivity contribution in [1.29, 1.82) is 0 Å². The molecule has 0 atom stereocenters. The van der Waals surface area contributed by atoms with Crippen LogP contribution in [0.4, 0.5) is 23.2 Å². The lowest BCUT2D eigenvalue weighted by atomic mass is 10.1. The number of alkyl halides is 3. The molecule has 0 aliphatic carbocycles. The van der Waals surface area contributed by atoms with E-state index in [1.165, 1.54) is 13.8 Å². The van der Waals surface area contributed by atoms with Gasteiger partial charge < -0.3 is 14.8 Å². The Hall–Kier alpha value is -2.58. The molecule has 2 rings (SSSR count). The Bertz CT molecular complexity index is 716. The molecule has 1 aliphatic rings. The van der Waals surface area contributed by atoms with E-state index in [1.54, 1.807) is 0 Å². The normalized spacial score (nSPS) is 17.2. The molecule has 0 aromatic heterocycles. The van der Waals surface area contributed by atoms with Gasteiger partial charge in [0.15, 0.2) is 5.57 Å². The molecule has 0 unspecified atom stereocenters. The van der Waals surface area contributed by atoms with Gasteiger partial charge in [0.25, 0.3) is 5.79 Å². The van der Waals surface area contributed by atoms with Crippen LogP contribution in [0, 0.1) is 12.7 Å². The summed E-state index contributed by atoms with van der Waals surface area (Å²) >= 11 is 0. The van der Waals surface area contributed by atoms with Crippen LogP contribution < -0.4 is 5.32 Å². The topological polar surface area (TPSA) is 64.6 Å². The van der Waals surface area contributed by atoms with Crippen LogP contribution in [0.5, 0.6) is 0 Å². The molecule has 1 heterocycles. The summed E-state index contributed by atoms with van der Waals surface area (Å²) in [4.78, 5) is 23.4. The standard InChI is InChI=1S/C15H13F4NO4/c1-7-10(15(17,18)19)4-8(5-11(7)16)20-6-9-12(21)23-14(2,3)24-13(9)22/h4-6,20H,1-3H3. The van der Waals surface area contributed by atoms with E-state index in [-0.39, 0.29) is 5.69 Å². The number of carbonyl (C=O) groups excluding carboxylic acids is 2. The van der Waals surface area contributed by atoms with Crippen molar-refractivity contribution in [2.45, 2.75) is 32.7 Å². The number of ether oxygens (including phenoxy) is 2. The Balaban J connectivity index is 2.31. The number of benzene rings is 1. The first-order valence-corrected chi connectivity index (χ1v) is 6.71. The average Bonchev–Trinajstić information content (AvgIpc) is 2.38. The van der Waals surface area contributed by atoms with Gasteiger partial charge in [-0.05, 0) is 24.6 Å². The fourth-order valence-corrected chi connectivity index (χ4v) is 1.99. The largest absolute Gasteiger partial charge is 0.419 e. The van der Waals surface area contributed by atoms with E-state index in [2.05, 4.69) is 5.32 Å². The highest BCUT2D eigenvalue weighted by Gasteiger charge is 2.39. The van der Waals surface area contributed by atoms with Crippen molar-refractivity contribution < 1.29 is 36.6 Å². The molecule has 1 N–H and O–H groups in total. The molecule has 0 saturated carbocycles. The van der Waals surface area contributed by atoms with Gasteiger partial charge in [0, 0.05) is 25.7 Å². The van der Waals surface area contributed by atoms with Crippen LogP contribution in [-0.4, -0.2) is 17.7 Å². The Labute approximate surface area is 134 Å². The predicted octanol–water partition coefficient (Wildman–Crippen LogP) is 3.28. The number of halogens is 4. The molecule has 9 heteroatoms. The maximum atomic E-state index is 13.6. The lowest BCUT2D eigenvalue weighted by Gasteiger charge is -2.29. The van der Waals surface area contributed by atoms with E-state index in [0.29, 0.717) is 6.07 Å². The first-order chi connectivity index (χ1) is 10.9. The fraction of sp³-hybridized carbons (Fsp3) is 0.333. The molecular weight excluding hydrogens is 334 g/mol. The zero-order valence-electron chi connectivity index (χ0n) is 12.9. The lowest BCUT2D eigenvalue weighted by Crippen LogP contribution is -2.42. The maximum Gasteiger partial charge on any atom is 0.416 e. The zero-order chi connectivity index (χ0) is 18.3. The second kappa shape index (κ2) is 5.81. The third-order valence-corrected chi connectivity index (χ3v) is 3.15. The number of hydrogen-bond acceptors (Lipinski definition) is 5. The van der Waals surface area contributed by atoms with Crippen LogP contribution in [0.25, 0.3) is 0 Å². The average molecular weight is 347 g/mol. The van der Waals surface area contributed by atoms with Gasteiger partial charge in [-0.25, -0.2) is 14.0 Å². The number of esters is 2. The lowest BCUT2D eigenvalue weighted by molar-refractivity contribution is -0.222. The molecule has 24 heavy (non-hydrogen) atoms.